The SMILES string of the molecule is Cc1nc(N2C3CCC2CN(C)C3)c(C#N)c(C)c1NS(=O)(=O)c1ccccc1C(F)(F)F. The van der Waals surface area contributed by atoms with E-state index in [1.165, 1.54) is 6.07 Å². The molecule has 11 heteroatoms. The number of anilines is 2. The van der Waals surface area contributed by atoms with E-state index >= 15 is 0 Å². The fraction of sp³-hybridized carbons (Fsp3) is 0.455. The first kappa shape index (κ1) is 23.3. The predicted molar refractivity (Wildman–Crippen MR) is 117 cm³/mol. The maximum absolute atomic E-state index is 13.4. The summed E-state index contributed by atoms with van der Waals surface area (Å²) < 4.78 is 68.4. The Bertz CT molecular complexity index is 1230. The van der Waals surface area contributed by atoms with E-state index in [0.717, 1.165) is 44.1 Å². The van der Waals surface area contributed by atoms with Gasteiger partial charge in [-0.05, 0) is 51.4 Å². The van der Waals surface area contributed by atoms with Crippen molar-refractivity contribution in [2.75, 3.05) is 29.8 Å². The molecule has 2 bridgehead atoms. The summed E-state index contributed by atoms with van der Waals surface area (Å²) in [7, 11) is -2.54. The molecule has 2 atom stereocenters. The average Bonchev–Trinajstić information content (AvgIpc) is 3.01. The largest absolute Gasteiger partial charge is 0.417 e. The van der Waals surface area contributed by atoms with Gasteiger partial charge in [0, 0.05) is 25.2 Å². The Morgan fingerprint density at radius 3 is 2.33 bits per heavy atom. The number of fused-ring (bicyclic) bond motifs is 2. The number of alkyl halides is 3. The summed E-state index contributed by atoms with van der Waals surface area (Å²) in [6, 6.07) is 6.53. The molecule has 2 aromatic rings. The van der Waals surface area contributed by atoms with E-state index in [4.69, 9.17) is 0 Å². The molecule has 1 aromatic heterocycles. The molecule has 2 unspecified atom stereocenters. The lowest BCUT2D eigenvalue weighted by molar-refractivity contribution is -0.139. The number of benzene rings is 1. The molecule has 0 spiro atoms. The molecule has 2 aliphatic heterocycles. The first-order valence-electron chi connectivity index (χ1n) is 10.5. The van der Waals surface area contributed by atoms with Gasteiger partial charge in [-0.1, -0.05) is 12.1 Å². The van der Waals surface area contributed by atoms with Gasteiger partial charge >= 0.3 is 6.18 Å². The van der Waals surface area contributed by atoms with E-state index in [2.05, 4.69) is 32.6 Å². The topological polar surface area (TPSA) is 89.3 Å². The van der Waals surface area contributed by atoms with Crippen molar-refractivity contribution in [2.45, 2.75) is 49.8 Å². The number of rotatable bonds is 4. The smallest absolute Gasteiger partial charge is 0.347 e. The van der Waals surface area contributed by atoms with Crippen molar-refractivity contribution >= 4 is 21.5 Å². The second-order valence-electron chi connectivity index (χ2n) is 8.62. The number of piperazine rings is 1. The average molecular weight is 480 g/mol. The maximum atomic E-state index is 13.4. The zero-order valence-corrected chi connectivity index (χ0v) is 19.3. The number of aromatic nitrogens is 1. The van der Waals surface area contributed by atoms with Crippen LogP contribution in [0, 0.1) is 25.2 Å². The Hall–Kier alpha value is -2.84. The van der Waals surface area contributed by atoms with Crippen LogP contribution < -0.4 is 9.62 Å². The fourth-order valence-electron chi connectivity index (χ4n) is 4.89. The summed E-state index contributed by atoms with van der Waals surface area (Å²) in [6.07, 6.45) is -2.89. The first-order chi connectivity index (χ1) is 15.4. The third-order valence-corrected chi connectivity index (χ3v) is 7.76. The minimum absolute atomic E-state index is 0.0220. The molecule has 2 aliphatic rings. The Morgan fingerprint density at radius 2 is 1.76 bits per heavy atom. The van der Waals surface area contributed by atoms with Crippen LogP contribution in [0.1, 0.15) is 35.2 Å². The number of hydrogen-bond acceptors (Lipinski definition) is 6. The van der Waals surface area contributed by atoms with Crippen molar-refractivity contribution in [2.24, 2.45) is 0 Å². The molecule has 2 fully saturated rings. The highest BCUT2D eigenvalue weighted by Crippen LogP contribution is 2.39. The normalized spacial score (nSPS) is 21.2. The Labute approximate surface area is 190 Å². The van der Waals surface area contributed by atoms with Crippen LogP contribution in [-0.4, -0.2) is 50.5 Å². The maximum Gasteiger partial charge on any atom is 0.417 e. The van der Waals surface area contributed by atoms with Crippen LogP contribution in [-0.2, 0) is 16.2 Å². The molecule has 0 aliphatic carbocycles. The number of nitrogens with one attached hydrogen (secondary N) is 1. The summed E-state index contributed by atoms with van der Waals surface area (Å²) >= 11 is 0. The third kappa shape index (κ3) is 4.13. The number of nitrogens with zero attached hydrogens (tertiary/aromatic N) is 4. The molecule has 7 nitrogen and oxygen atoms in total. The lowest BCUT2D eigenvalue weighted by Gasteiger charge is -2.41. The Morgan fingerprint density at radius 1 is 1.15 bits per heavy atom. The van der Waals surface area contributed by atoms with Gasteiger partial charge in [0.15, 0.2) is 0 Å². The van der Waals surface area contributed by atoms with E-state index in [-0.39, 0.29) is 23.3 Å². The molecular weight excluding hydrogens is 455 g/mol. The van der Waals surface area contributed by atoms with Crippen LogP contribution in [0.5, 0.6) is 0 Å². The fourth-order valence-corrected chi connectivity index (χ4v) is 6.30. The van der Waals surface area contributed by atoms with Crippen molar-refractivity contribution in [1.29, 1.82) is 5.26 Å². The summed E-state index contributed by atoms with van der Waals surface area (Å²) in [5.74, 6) is 0.506. The molecule has 0 amide bonds. The number of likely N-dealkylation sites (N-methyl/N-ethyl adjacent to an activating group) is 1. The van der Waals surface area contributed by atoms with E-state index in [1.807, 2.05) is 0 Å². The highest BCUT2D eigenvalue weighted by Gasteiger charge is 2.41. The molecule has 2 saturated heterocycles. The summed E-state index contributed by atoms with van der Waals surface area (Å²) in [6.45, 7) is 4.85. The van der Waals surface area contributed by atoms with Crippen LogP contribution in [0.3, 0.4) is 0 Å². The van der Waals surface area contributed by atoms with Crippen molar-refractivity contribution in [3.8, 4) is 6.07 Å². The van der Waals surface area contributed by atoms with Crippen LogP contribution in [0.15, 0.2) is 29.2 Å². The molecule has 0 saturated carbocycles. The van der Waals surface area contributed by atoms with Gasteiger partial charge in [0.25, 0.3) is 10.0 Å². The molecule has 176 valence electrons. The monoisotopic (exact) mass is 479 g/mol. The zero-order chi connectivity index (χ0) is 24.1. The Balaban J connectivity index is 1.76. The number of hydrogen-bond donors (Lipinski definition) is 1. The first-order valence-corrected chi connectivity index (χ1v) is 12.0. The molecule has 0 radical (unpaired) electrons. The Kier molecular flexibility index (Phi) is 5.78. The molecule has 1 aromatic carbocycles. The standard InChI is InChI=1S/C22H24F3N5O2S/c1-13-17(10-26)21(30-15-8-9-16(30)12-29(3)11-15)27-14(2)20(13)28-33(31,32)19-7-5-4-6-18(19)22(23,24)25/h4-7,15-16,28H,8-9,11-12H2,1-3H3. The van der Waals surface area contributed by atoms with Crippen molar-refractivity contribution in [3.05, 3.63) is 46.6 Å². The highest BCUT2D eigenvalue weighted by atomic mass is 32.2. The summed E-state index contributed by atoms with van der Waals surface area (Å²) in [4.78, 5) is 8.09. The van der Waals surface area contributed by atoms with Gasteiger partial charge in [-0.3, -0.25) is 4.72 Å². The lowest BCUT2D eigenvalue weighted by Crippen LogP contribution is -2.53. The van der Waals surface area contributed by atoms with Gasteiger partial charge in [0.2, 0.25) is 0 Å². The molecule has 3 heterocycles. The number of likely N-dealkylation sites (tertiary alicyclic amines) is 1. The van der Waals surface area contributed by atoms with Gasteiger partial charge in [-0.15, -0.1) is 0 Å². The minimum atomic E-state index is -4.84. The molecule has 33 heavy (non-hydrogen) atoms. The van der Waals surface area contributed by atoms with E-state index in [0.29, 0.717) is 17.1 Å². The predicted octanol–water partition coefficient (Wildman–Crippen LogP) is 3.67. The van der Waals surface area contributed by atoms with Gasteiger partial charge < -0.3 is 9.80 Å². The van der Waals surface area contributed by atoms with Crippen molar-refractivity contribution in [3.63, 3.8) is 0 Å². The summed E-state index contributed by atoms with van der Waals surface area (Å²) in [5, 5.41) is 9.90. The van der Waals surface area contributed by atoms with E-state index in [1.54, 1.807) is 13.8 Å². The van der Waals surface area contributed by atoms with Crippen LogP contribution >= 0.6 is 0 Å². The van der Waals surface area contributed by atoms with E-state index < -0.39 is 26.7 Å². The van der Waals surface area contributed by atoms with Crippen molar-refractivity contribution < 1.29 is 21.6 Å². The minimum Gasteiger partial charge on any atom is -0.347 e. The van der Waals surface area contributed by atoms with Gasteiger partial charge in [0.1, 0.15) is 11.9 Å². The number of aryl methyl sites for hydroxylation is 1. The second kappa shape index (κ2) is 8.18. The van der Waals surface area contributed by atoms with Gasteiger partial charge in [0.05, 0.1) is 27.4 Å². The molecule has 1 N–H and O–H groups in total. The van der Waals surface area contributed by atoms with Crippen molar-refractivity contribution in [1.82, 2.24) is 9.88 Å². The van der Waals surface area contributed by atoms with Crippen LogP contribution in [0.25, 0.3) is 0 Å². The number of pyridine rings is 1. The molecule has 4 rings (SSSR count). The van der Waals surface area contributed by atoms with Crippen LogP contribution in [0.2, 0.25) is 0 Å². The summed E-state index contributed by atoms with van der Waals surface area (Å²) in [5.41, 5.74) is -0.371. The van der Waals surface area contributed by atoms with Gasteiger partial charge in [-0.2, -0.15) is 18.4 Å². The van der Waals surface area contributed by atoms with E-state index in [9.17, 15) is 26.9 Å². The van der Waals surface area contributed by atoms with Gasteiger partial charge in [-0.25, -0.2) is 13.4 Å². The molecular formula is C22H24F3N5O2S. The number of sulfonamides is 1. The van der Waals surface area contributed by atoms with Crippen LogP contribution in [0.4, 0.5) is 24.7 Å². The number of halogens is 3. The lowest BCUT2D eigenvalue weighted by atomic mass is 10.1. The zero-order valence-electron chi connectivity index (χ0n) is 18.4. The highest BCUT2D eigenvalue weighted by molar-refractivity contribution is 7.92. The third-order valence-electron chi connectivity index (χ3n) is 6.35. The second-order valence-corrected chi connectivity index (χ2v) is 10.3. The quantitative estimate of drug-likeness (QED) is 0.720. The number of nitriles is 1.